The third-order valence-corrected chi connectivity index (χ3v) is 6.69. The Balaban J connectivity index is 1.68. The molecule has 8 N–H and O–H groups in total. The number of benzene rings is 2. The highest BCUT2D eigenvalue weighted by Gasteiger charge is 2.26. The molecule has 1 aromatic heterocycles. The fourth-order valence-corrected chi connectivity index (χ4v) is 4.79. The predicted molar refractivity (Wildman–Crippen MR) is 143 cm³/mol. The average molecular weight is 488 g/mol. The molecular formula is C27H33N7O2. The van der Waals surface area contributed by atoms with Crippen LogP contribution in [0.25, 0.3) is 10.9 Å². The van der Waals surface area contributed by atoms with Crippen LogP contribution in [-0.4, -0.2) is 46.8 Å². The molecule has 9 nitrogen and oxygen atoms in total. The zero-order valence-corrected chi connectivity index (χ0v) is 20.2. The first kappa shape index (κ1) is 25.0. The number of carbonyl (C=O) groups is 2. The number of amidine groups is 1. The number of nitrogens with two attached hydrogens (primary N) is 3. The van der Waals surface area contributed by atoms with Gasteiger partial charge in [0.25, 0.3) is 5.91 Å². The van der Waals surface area contributed by atoms with Crippen LogP contribution in [0.2, 0.25) is 0 Å². The molecule has 188 valence electrons. The summed E-state index contributed by atoms with van der Waals surface area (Å²) in [7, 11) is 0. The van der Waals surface area contributed by atoms with E-state index < -0.39 is 0 Å². The fraction of sp³-hybridized carbons (Fsp3) is 0.296. The van der Waals surface area contributed by atoms with Crippen LogP contribution in [0.1, 0.15) is 40.9 Å². The molecule has 0 spiro atoms. The maximum absolute atomic E-state index is 13.7. The van der Waals surface area contributed by atoms with E-state index in [0.717, 1.165) is 35.7 Å². The highest BCUT2D eigenvalue weighted by Crippen LogP contribution is 2.27. The Kier molecular flexibility index (Phi) is 7.70. The van der Waals surface area contributed by atoms with Crippen LogP contribution in [0, 0.1) is 11.3 Å². The van der Waals surface area contributed by atoms with Crippen molar-refractivity contribution in [3.05, 3.63) is 77.6 Å². The van der Waals surface area contributed by atoms with Crippen LogP contribution in [0.4, 0.5) is 5.69 Å². The summed E-state index contributed by atoms with van der Waals surface area (Å²) < 4.78 is 1.97. The van der Waals surface area contributed by atoms with Gasteiger partial charge in [0.15, 0.2) is 0 Å². The van der Waals surface area contributed by atoms with E-state index in [1.54, 1.807) is 12.1 Å². The molecule has 9 heteroatoms. The molecular weight excluding hydrogens is 454 g/mol. The maximum Gasteiger partial charge on any atom is 0.270 e. The number of carbonyl (C=O) groups excluding carboxylic acids is 2. The van der Waals surface area contributed by atoms with Gasteiger partial charge in [-0.05, 0) is 67.8 Å². The summed E-state index contributed by atoms with van der Waals surface area (Å²) in [5.41, 5.74) is 20.3. The minimum Gasteiger partial charge on any atom is -0.404 e. The average Bonchev–Trinajstić information content (AvgIpc) is 3.22. The van der Waals surface area contributed by atoms with Crippen molar-refractivity contribution in [1.29, 1.82) is 5.41 Å². The summed E-state index contributed by atoms with van der Waals surface area (Å²) in [6.07, 6.45) is 5.34. The van der Waals surface area contributed by atoms with Crippen molar-refractivity contribution in [2.45, 2.75) is 25.8 Å². The van der Waals surface area contributed by atoms with Gasteiger partial charge in [-0.1, -0.05) is 24.3 Å². The first-order chi connectivity index (χ1) is 17.4. The molecule has 36 heavy (non-hydrogen) atoms. The number of nitrogens with one attached hydrogen (secondary N) is 2. The monoisotopic (exact) mass is 487 g/mol. The second-order valence-corrected chi connectivity index (χ2v) is 9.16. The number of rotatable bonds is 8. The van der Waals surface area contributed by atoms with Gasteiger partial charge in [-0.3, -0.25) is 15.0 Å². The summed E-state index contributed by atoms with van der Waals surface area (Å²) in [4.78, 5) is 27.5. The molecule has 1 saturated heterocycles. The lowest BCUT2D eigenvalue weighted by Crippen LogP contribution is -2.39. The Morgan fingerprint density at radius 1 is 1.11 bits per heavy atom. The van der Waals surface area contributed by atoms with Crippen molar-refractivity contribution >= 4 is 34.2 Å². The van der Waals surface area contributed by atoms with Crippen LogP contribution in [-0.2, 0) is 11.3 Å². The second-order valence-electron chi connectivity index (χ2n) is 9.16. The summed E-state index contributed by atoms with van der Waals surface area (Å²) >= 11 is 0. The van der Waals surface area contributed by atoms with Crippen LogP contribution in [0.5, 0.6) is 0 Å². The Morgan fingerprint density at radius 3 is 2.58 bits per heavy atom. The minimum absolute atomic E-state index is 0.0145. The number of likely N-dealkylation sites (tertiary alicyclic amines) is 1. The third-order valence-electron chi connectivity index (χ3n) is 6.69. The lowest BCUT2D eigenvalue weighted by Gasteiger charge is -2.32. The van der Waals surface area contributed by atoms with Crippen LogP contribution in [0.3, 0.4) is 0 Å². The van der Waals surface area contributed by atoms with Gasteiger partial charge in [0.1, 0.15) is 11.5 Å². The fourth-order valence-electron chi connectivity index (χ4n) is 4.79. The summed E-state index contributed by atoms with van der Waals surface area (Å²) in [5.74, 6) is 0.202. The van der Waals surface area contributed by atoms with E-state index in [9.17, 15) is 9.59 Å². The largest absolute Gasteiger partial charge is 0.404 e. The first-order valence-electron chi connectivity index (χ1n) is 12.1. The van der Waals surface area contributed by atoms with E-state index in [0.29, 0.717) is 49.0 Å². The molecule has 0 aliphatic carbocycles. The lowest BCUT2D eigenvalue weighted by molar-refractivity contribution is -0.111. The number of aromatic nitrogens is 1. The number of anilines is 1. The lowest BCUT2D eigenvalue weighted by atomic mass is 9.93. The highest BCUT2D eigenvalue weighted by atomic mass is 16.2. The van der Waals surface area contributed by atoms with E-state index in [1.807, 2.05) is 45.9 Å². The van der Waals surface area contributed by atoms with Gasteiger partial charge in [-0.2, -0.15) is 0 Å². The number of nitrogens with zero attached hydrogens (tertiary/aromatic N) is 2. The summed E-state index contributed by atoms with van der Waals surface area (Å²) in [6, 6.07) is 14.9. The van der Waals surface area contributed by atoms with Gasteiger partial charge in [0, 0.05) is 47.9 Å². The quantitative estimate of drug-likeness (QED) is 0.188. The molecule has 3 aromatic rings. The smallest absolute Gasteiger partial charge is 0.270 e. The molecule has 2 amide bonds. The van der Waals surface area contributed by atoms with Crippen LogP contribution in [0.15, 0.2) is 60.8 Å². The number of piperidine rings is 1. The third kappa shape index (κ3) is 5.58. The molecule has 1 fully saturated rings. The Morgan fingerprint density at radius 2 is 1.89 bits per heavy atom. The normalized spacial score (nSPS) is 14.4. The van der Waals surface area contributed by atoms with Crippen molar-refractivity contribution < 1.29 is 9.59 Å². The van der Waals surface area contributed by atoms with Gasteiger partial charge in [-0.25, -0.2) is 0 Å². The molecule has 2 heterocycles. The van der Waals surface area contributed by atoms with E-state index in [2.05, 4.69) is 5.32 Å². The van der Waals surface area contributed by atoms with E-state index >= 15 is 0 Å². The minimum atomic E-state index is -0.318. The Hall–Kier alpha value is -4.11. The maximum atomic E-state index is 13.7. The molecule has 2 aromatic carbocycles. The topological polar surface area (TPSA) is 156 Å². The second kappa shape index (κ2) is 11.1. The van der Waals surface area contributed by atoms with Crippen molar-refractivity contribution in [3.8, 4) is 0 Å². The highest BCUT2D eigenvalue weighted by molar-refractivity contribution is 6.02. The van der Waals surface area contributed by atoms with Gasteiger partial charge >= 0.3 is 0 Å². The van der Waals surface area contributed by atoms with E-state index in [4.69, 9.17) is 22.6 Å². The Bertz CT molecular complexity index is 1300. The number of hydrogen-bond donors (Lipinski definition) is 5. The van der Waals surface area contributed by atoms with Crippen molar-refractivity contribution in [1.82, 2.24) is 9.47 Å². The molecule has 0 radical (unpaired) electrons. The molecule has 1 aliphatic rings. The van der Waals surface area contributed by atoms with Gasteiger partial charge < -0.3 is 32.0 Å². The molecule has 1 aliphatic heterocycles. The van der Waals surface area contributed by atoms with Gasteiger partial charge in [0.05, 0.1) is 0 Å². The summed E-state index contributed by atoms with van der Waals surface area (Å²) in [5, 5.41) is 11.5. The molecule has 4 rings (SSSR count). The van der Waals surface area contributed by atoms with Crippen molar-refractivity contribution in [2.24, 2.45) is 23.1 Å². The van der Waals surface area contributed by atoms with E-state index in [-0.39, 0.29) is 17.6 Å². The number of fused-ring (bicyclic) bond motifs is 1. The standard InChI is InChI=1S/C27H33N7O2/c28-10-6-18-8-12-33(13-9-18)27(36)24-15-20-4-5-21(26(30)31)16-23(20)34(24)17-19-2-1-3-22(14-19)32-25(35)7-11-29/h1-5,7,11,14-16,18H,6,8-10,12-13,17,28-29H2,(H3,30,31)(H,32,35)/b11-7+. The van der Waals surface area contributed by atoms with Gasteiger partial charge in [-0.15, -0.1) is 0 Å². The zero-order valence-electron chi connectivity index (χ0n) is 20.2. The number of amides is 2. The summed E-state index contributed by atoms with van der Waals surface area (Å²) in [6.45, 7) is 2.50. The Labute approximate surface area is 210 Å². The van der Waals surface area contributed by atoms with E-state index in [1.165, 1.54) is 12.3 Å². The zero-order chi connectivity index (χ0) is 25.7. The van der Waals surface area contributed by atoms with Crippen molar-refractivity contribution in [3.63, 3.8) is 0 Å². The number of hydrogen-bond acceptors (Lipinski definition) is 5. The SMILES string of the molecule is N=C(N)c1ccc2cc(C(=O)N3CCC(CCN)CC3)n(Cc3cccc(NC(=O)/C=C/N)c3)c2c1. The van der Waals surface area contributed by atoms with Crippen LogP contribution >= 0.6 is 0 Å². The first-order valence-corrected chi connectivity index (χ1v) is 12.1. The van der Waals surface area contributed by atoms with Crippen molar-refractivity contribution in [2.75, 3.05) is 25.0 Å². The number of nitrogen functional groups attached to an aromatic ring is 1. The molecule has 0 unspecified atom stereocenters. The van der Waals surface area contributed by atoms with Crippen LogP contribution < -0.4 is 22.5 Å². The van der Waals surface area contributed by atoms with Gasteiger partial charge in [0.2, 0.25) is 5.91 Å². The molecule has 0 atom stereocenters. The molecule has 0 bridgehead atoms. The predicted octanol–water partition coefficient (Wildman–Crippen LogP) is 2.59. The molecule has 0 saturated carbocycles.